The second kappa shape index (κ2) is 4.94. The number of hydrogen-bond acceptors (Lipinski definition) is 3. The molecule has 0 unspecified atom stereocenters. The van der Waals surface area contributed by atoms with E-state index in [1.54, 1.807) is 0 Å². The molecule has 0 aliphatic heterocycles. The maximum Gasteiger partial charge on any atom is 0.0948 e. The van der Waals surface area contributed by atoms with Crippen LogP contribution in [0.2, 0.25) is 0 Å². The largest absolute Gasteiger partial charge is 0.333 e. The molecule has 0 radical (unpaired) electrons. The van der Waals surface area contributed by atoms with Crippen LogP contribution in [-0.4, -0.2) is 26.4 Å². The molecule has 2 aromatic rings. The lowest BCUT2D eigenvalue weighted by atomic mass is 10.0. The van der Waals surface area contributed by atoms with Crippen LogP contribution >= 0.6 is 0 Å². The molecule has 0 atom stereocenters. The summed E-state index contributed by atoms with van der Waals surface area (Å²) in [4.78, 5) is 4.25. The summed E-state index contributed by atoms with van der Waals surface area (Å²) in [7, 11) is 3.91. The van der Waals surface area contributed by atoms with Gasteiger partial charge in [-0.1, -0.05) is 0 Å². The molecule has 0 saturated carbocycles. The average Bonchev–Trinajstić information content (AvgIpc) is 2.95. The van der Waals surface area contributed by atoms with Gasteiger partial charge in [-0.05, 0) is 27.0 Å². The smallest absolute Gasteiger partial charge is 0.0948 e. The fraction of sp³-hybridized carbons (Fsp3) is 0.538. The molecule has 0 fully saturated rings. The molecule has 2 rings (SSSR count). The molecule has 2 heterocycles. The van der Waals surface area contributed by atoms with E-state index in [2.05, 4.69) is 39.9 Å². The second-order valence-corrected chi connectivity index (χ2v) is 5.08. The zero-order valence-electron chi connectivity index (χ0n) is 11.5. The lowest BCUT2D eigenvalue weighted by Crippen LogP contribution is -2.35. The molecule has 0 bridgehead atoms. The molecular formula is C13H21N5. The van der Waals surface area contributed by atoms with Crippen LogP contribution in [0.3, 0.4) is 0 Å². The van der Waals surface area contributed by atoms with Crippen molar-refractivity contribution in [1.82, 2.24) is 24.6 Å². The Kier molecular flexibility index (Phi) is 3.52. The van der Waals surface area contributed by atoms with E-state index in [1.165, 1.54) is 5.69 Å². The van der Waals surface area contributed by atoms with Crippen LogP contribution in [0.25, 0.3) is 0 Å². The first-order valence-corrected chi connectivity index (χ1v) is 6.21. The van der Waals surface area contributed by atoms with Crippen molar-refractivity contribution >= 4 is 0 Å². The molecule has 5 heteroatoms. The Balaban J connectivity index is 2.09. The van der Waals surface area contributed by atoms with Crippen LogP contribution in [0.15, 0.2) is 24.8 Å². The van der Waals surface area contributed by atoms with E-state index < -0.39 is 0 Å². The highest BCUT2D eigenvalue weighted by Gasteiger charge is 2.21. The van der Waals surface area contributed by atoms with E-state index in [9.17, 15) is 0 Å². The van der Waals surface area contributed by atoms with Crippen molar-refractivity contribution in [3.8, 4) is 0 Å². The van der Waals surface area contributed by atoms with Crippen LogP contribution < -0.4 is 5.32 Å². The Morgan fingerprint density at radius 2 is 2.17 bits per heavy atom. The van der Waals surface area contributed by atoms with E-state index >= 15 is 0 Å². The first-order chi connectivity index (χ1) is 8.53. The minimum Gasteiger partial charge on any atom is -0.333 e. The molecule has 0 aliphatic carbocycles. The molecule has 0 spiro atoms. The third kappa shape index (κ3) is 2.61. The molecule has 98 valence electrons. The maximum atomic E-state index is 4.39. The van der Waals surface area contributed by atoms with Gasteiger partial charge in [-0.15, -0.1) is 0 Å². The quantitative estimate of drug-likeness (QED) is 0.866. The number of rotatable bonds is 5. The average molecular weight is 247 g/mol. The van der Waals surface area contributed by atoms with Gasteiger partial charge in [-0.3, -0.25) is 4.68 Å². The Hall–Kier alpha value is -1.62. The Bertz CT molecular complexity index is 509. The van der Waals surface area contributed by atoms with Gasteiger partial charge in [0, 0.05) is 32.4 Å². The van der Waals surface area contributed by atoms with Crippen molar-refractivity contribution in [2.45, 2.75) is 32.4 Å². The summed E-state index contributed by atoms with van der Waals surface area (Å²) >= 11 is 0. The lowest BCUT2D eigenvalue weighted by Gasteiger charge is -2.25. The number of aryl methyl sites for hydroxylation is 3. The zero-order chi connectivity index (χ0) is 13.2. The van der Waals surface area contributed by atoms with Crippen molar-refractivity contribution in [1.29, 1.82) is 0 Å². The van der Waals surface area contributed by atoms with Crippen LogP contribution in [-0.2, 0) is 25.6 Å². The molecular weight excluding hydrogens is 226 g/mol. The summed E-state index contributed by atoms with van der Waals surface area (Å²) < 4.78 is 4.02. The molecule has 0 saturated heterocycles. The summed E-state index contributed by atoms with van der Waals surface area (Å²) in [6.07, 6.45) is 6.71. The minimum atomic E-state index is -0.0688. The van der Waals surface area contributed by atoms with Crippen molar-refractivity contribution < 1.29 is 0 Å². The first-order valence-electron chi connectivity index (χ1n) is 6.21. The number of imidazole rings is 1. The summed E-state index contributed by atoms with van der Waals surface area (Å²) in [6.45, 7) is 5.21. The van der Waals surface area contributed by atoms with Crippen LogP contribution in [0.1, 0.15) is 25.2 Å². The third-order valence-corrected chi connectivity index (χ3v) is 3.36. The Labute approximate surface area is 108 Å². The summed E-state index contributed by atoms with van der Waals surface area (Å²) in [5.74, 6) is 0. The fourth-order valence-electron chi connectivity index (χ4n) is 1.98. The normalized spacial score (nSPS) is 12.0. The van der Waals surface area contributed by atoms with Crippen molar-refractivity contribution in [3.05, 3.63) is 36.2 Å². The van der Waals surface area contributed by atoms with Gasteiger partial charge in [0.2, 0.25) is 0 Å². The predicted octanol–water partition coefficient (Wildman–Crippen LogP) is 1.31. The number of nitrogens with one attached hydrogen (secondary N) is 1. The molecule has 2 aromatic heterocycles. The highest BCUT2D eigenvalue weighted by molar-refractivity contribution is 5.11. The van der Waals surface area contributed by atoms with Crippen LogP contribution in [0.4, 0.5) is 0 Å². The monoisotopic (exact) mass is 247 g/mol. The molecule has 1 N–H and O–H groups in total. The number of hydrogen-bond donors (Lipinski definition) is 1. The summed E-state index contributed by atoms with van der Waals surface area (Å²) in [6, 6.07) is 2.06. The summed E-state index contributed by atoms with van der Waals surface area (Å²) in [5, 5.41) is 7.70. The van der Waals surface area contributed by atoms with E-state index in [1.807, 2.05) is 37.5 Å². The fourth-order valence-corrected chi connectivity index (χ4v) is 1.98. The van der Waals surface area contributed by atoms with Gasteiger partial charge in [0.05, 0.1) is 23.3 Å². The lowest BCUT2D eigenvalue weighted by molar-refractivity contribution is 0.408. The number of nitrogens with zero attached hydrogens (tertiary/aromatic N) is 4. The topological polar surface area (TPSA) is 47.7 Å². The summed E-state index contributed by atoms with van der Waals surface area (Å²) in [5.41, 5.74) is 2.24. The highest BCUT2D eigenvalue weighted by atomic mass is 15.2. The first kappa shape index (κ1) is 12.8. The van der Waals surface area contributed by atoms with Crippen LogP contribution in [0.5, 0.6) is 0 Å². The second-order valence-electron chi connectivity index (χ2n) is 5.08. The Morgan fingerprint density at radius 3 is 2.78 bits per heavy atom. The van der Waals surface area contributed by atoms with E-state index in [-0.39, 0.29) is 5.54 Å². The van der Waals surface area contributed by atoms with Gasteiger partial charge in [-0.2, -0.15) is 5.10 Å². The molecule has 5 nitrogen and oxygen atoms in total. The van der Waals surface area contributed by atoms with E-state index in [0.29, 0.717) is 0 Å². The van der Waals surface area contributed by atoms with Crippen LogP contribution in [0, 0.1) is 0 Å². The van der Waals surface area contributed by atoms with E-state index in [0.717, 1.165) is 18.7 Å². The van der Waals surface area contributed by atoms with Gasteiger partial charge in [0.25, 0.3) is 0 Å². The van der Waals surface area contributed by atoms with Crippen molar-refractivity contribution in [2.24, 2.45) is 7.05 Å². The number of aromatic nitrogens is 4. The van der Waals surface area contributed by atoms with Gasteiger partial charge < -0.3 is 9.88 Å². The van der Waals surface area contributed by atoms with Gasteiger partial charge in [0.15, 0.2) is 0 Å². The van der Waals surface area contributed by atoms with E-state index in [4.69, 9.17) is 0 Å². The molecule has 0 aliphatic rings. The highest BCUT2D eigenvalue weighted by Crippen LogP contribution is 2.19. The minimum absolute atomic E-state index is 0.0688. The van der Waals surface area contributed by atoms with Gasteiger partial charge in [-0.25, -0.2) is 4.98 Å². The molecule has 18 heavy (non-hydrogen) atoms. The molecule has 0 amide bonds. The van der Waals surface area contributed by atoms with Crippen molar-refractivity contribution in [3.63, 3.8) is 0 Å². The third-order valence-electron chi connectivity index (χ3n) is 3.36. The Morgan fingerprint density at radius 1 is 1.39 bits per heavy atom. The maximum absolute atomic E-state index is 4.39. The zero-order valence-corrected chi connectivity index (χ0v) is 11.5. The standard InChI is InChI=1S/C13H21N5/c1-13(2,14-3)12-9-15-10-18(12)8-6-11-5-7-17(4)16-11/h5,7,9-10,14H,6,8H2,1-4H3. The predicted molar refractivity (Wildman–Crippen MR) is 71.2 cm³/mol. The molecule has 0 aromatic carbocycles. The SMILES string of the molecule is CNC(C)(C)c1cncn1CCc1ccn(C)n1. The van der Waals surface area contributed by atoms with Crippen molar-refractivity contribution in [2.75, 3.05) is 7.05 Å². The van der Waals surface area contributed by atoms with Gasteiger partial charge >= 0.3 is 0 Å². The van der Waals surface area contributed by atoms with Gasteiger partial charge in [0.1, 0.15) is 0 Å².